The molecule has 0 aromatic heterocycles. The molecule has 0 saturated heterocycles. The van der Waals surface area contributed by atoms with Gasteiger partial charge in [0.25, 0.3) is 0 Å². The van der Waals surface area contributed by atoms with Crippen LogP contribution in [0.25, 0.3) is 11.1 Å². The van der Waals surface area contributed by atoms with Crippen molar-refractivity contribution in [1.82, 2.24) is 0 Å². The zero-order chi connectivity index (χ0) is 33.0. The Bertz CT molecular complexity index is 2030. The summed E-state index contributed by atoms with van der Waals surface area (Å²) in [7, 11) is 0. The van der Waals surface area contributed by atoms with E-state index in [2.05, 4.69) is 165 Å². The summed E-state index contributed by atoms with van der Waals surface area (Å²) in [6.45, 7) is 17.2. The van der Waals surface area contributed by atoms with Gasteiger partial charge in [-0.05, 0) is 159 Å². The van der Waals surface area contributed by atoms with Gasteiger partial charge in [-0.3, -0.25) is 0 Å². The Kier molecular flexibility index (Phi) is 7.56. The van der Waals surface area contributed by atoms with Crippen LogP contribution in [-0.2, 0) is 5.41 Å². The first-order valence-electron chi connectivity index (χ1n) is 16.5. The Morgan fingerprint density at radius 2 is 0.787 bits per heavy atom. The number of hydrogen-bond acceptors (Lipinski definition) is 2. The number of rotatable bonds is 6. The largest absolute Gasteiger partial charge is 0.457 e. The predicted molar refractivity (Wildman–Crippen MR) is 195 cm³/mol. The molecular weight excluding hydrogens is 572 g/mol. The molecule has 234 valence electrons. The van der Waals surface area contributed by atoms with Gasteiger partial charge in [0, 0.05) is 0 Å². The lowest BCUT2D eigenvalue weighted by Crippen LogP contribution is -2.29. The molecule has 2 heteroatoms. The van der Waals surface area contributed by atoms with Crippen molar-refractivity contribution in [2.24, 2.45) is 0 Å². The lowest BCUT2D eigenvalue weighted by molar-refractivity contribution is 0.477. The molecule has 1 aliphatic rings. The molecule has 0 N–H and O–H groups in total. The maximum absolute atomic E-state index is 6.47. The Labute approximate surface area is 279 Å². The SMILES string of the molecule is Cc1ccc2c(c1)C(c1ccc(Oc3ccc(C)c(C)c3)c(C)c1)(c1ccc(Oc3ccc(C)c(C)c3)c(C)c1)c1cc(C)ccc1-2. The number of fused-ring (bicyclic) bond motifs is 3. The van der Waals surface area contributed by atoms with Crippen LogP contribution in [0.2, 0.25) is 0 Å². The maximum atomic E-state index is 6.47. The minimum Gasteiger partial charge on any atom is -0.457 e. The third-order valence-corrected chi connectivity index (χ3v) is 10.1. The minimum absolute atomic E-state index is 0.518. The van der Waals surface area contributed by atoms with Gasteiger partial charge in [-0.15, -0.1) is 0 Å². The Morgan fingerprint density at radius 3 is 1.17 bits per heavy atom. The molecule has 1 aliphatic carbocycles. The van der Waals surface area contributed by atoms with E-state index >= 15 is 0 Å². The van der Waals surface area contributed by atoms with Gasteiger partial charge < -0.3 is 9.47 Å². The number of benzene rings is 6. The fraction of sp³-hybridized carbons (Fsp3) is 0.200. The highest BCUT2D eigenvalue weighted by Crippen LogP contribution is 2.57. The molecule has 6 aromatic carbocycles. The molecule has 0 fully saturated rings. The van der Waals surface area contributed by atoms with Crippen LogP contribution in [-0.4, -0.2) is 0 Å². The second-order valence-electron chi connectivity index (χ2n) is 13.5. The van der Waals surface area contributed by atoms with Crippen LogP contribution in [0.3, 0.4) is 0 Å². The van der Waals surface area contributed by atoms with Gasteiger partial charge in [-0.25, -0.2) is 0 Å². The summed E-state index contributed by atoms with van der Waals surface area (Å²) >= 11 is 0. The molecule has 0 spiro atoms. The average molecular weight is 615 g/mol. The summed E-state index contributed by atoms with van der Waals surface area (Å²) in [6.07, 6.45) is 0. The standard InChI is InChI=1S/C45H42O2/c1-27-9-17-39-40-18-10-28(2)22-42(40)45(41(39)21-27,35-13-19-43(33(7)23-35)46-37-15-11-29(3)31(5)25-37)36-14-20-44(34(8)24-36)47-38-16-12-30(4)32(6)26-38/h9-26H,1-8H3. The molecule has 0 heterocycles. The van der Waals surface area contributed by atoms with Crippen molar-refractivity contribution in [3.8, 4) is 34.1 Å². The smallest absolute Gasteiger partial charge is 0.130 e. The summed E-state index contributed by atoms with van der Waals surface area (Å²) < 4.78 is 12.9. The quantitative estimate of drug-likeness (QED) is 0.185. The molecule has 0 radical (unpaired) electrons. The summed E-state index contributed by atoms with van der Waals surface area (Å²) in [5.41, 5.74) is 16.8. The molecule has 0 unspecified atom stereocenters. The van der Waals surface area contributed by atoms with Crippen molar-refractivity contribution in [3.05, 3.63) is 176 Å². The molecule has 6 aromatic rings. The van der Waals surface area contributed by atoms with Gasteiger partial charge in [0.2, 0.25) is 0 Å². The lowest BCUT2D eigenvalue weighted by Gasteiger charge is -2.35. The van der Waals surface area contributed by atoms with E-state index in [4.69, 9.17) is 9.47 Å². The van der Waals surface area contributed by atoms with Crippen molar-refractivity contribution in [2.45, 2.75) is 60.8 Å². The van der Waals surface area contributed by atoms with Crippen LogP contribution in [0.4, 0.5) is 0 Å². The fourth-order valence-corrected chi connectivity index (χ4v) is 7.14. The number of hydrogen-bond donors (Lipinski definition) is 0. The Hall–Kier alpha value is -5.08. The van der Waals surface area contributed by atoms with E-state index in [0.29, 0.717) is 0 Å². The topological polar surface area (TPSA) is 18.5 Å². The molecule has 0 atom stereocenters. The van der Waals surface area contributed by atoms with Crippen molar-refractivity contribution in [2.75, 3.05) is 0 Å². The highest BCUT2D eigenvalue weighted by molar-refractivity contribution is 5.87. The van der Waals surface area contributed by atoms with E-state index in [1.54, 1.807) is 0 Å². The first kappa shape index (κ1) is 30.6. The lowest BCUT2D eigenvalue weighted by atomic mass is 9.67. The van der Waals surface area contributed by atoms with Gasteiger partial charge in [-0.2, -0.15) is 0 Å². The van der Waals surface area contributed by atoms with Crippen molar-refractivity contribution in [3.63, 3.8) is 0 Å². The fourth-order valence-electron chi connectivity index (χ4n) is 7.14. The first-order valence-corrected chi connectivity index (χ1v) is 16.5. The van der Waals surface area contributed by atoms with E-state index in [9.17, 15) is 0 Å². The molecule has 7 rings (SSSR count). The zero-order valence-electron chi connectivity index (χ0n) is 28.7. The van der Waals surface area contributed by atoms with Crippen molar-refractivity contribution >= 4 is 0 Å². The van der Waals surface area contributed by atoms with E-state index in [1.807, 2.05) is 0 Å². The summed E-state index contributed by atoms with van der Waals surface area (Å²) in [5, 5.41) is 0. The molecule has 0 saturated carbocycles. The van der Waals surface area contributed by atoms with Gasteiger partial charge in [0.15, 0.2) is 0 Å². The van der Waals surface area contributed by atoms with Crippen LogP contribution in [0.5, 0.6) is 23.0 Å². The zero-order valence-corrected chi connectivity index (χ0v) is 28.7. The summed E-state index contributed by atoms with van der Waals surface area (Å²) in [6, 6.07) is 39.9. The Morgan fingerprint density at radius 1 is 0.362 bits per heavy atom. The van der Waals surface area contributed by atoms with E-state index in [1.165, 1.54) is 66.8 Å². The summed E-state index contributed by atoms with van der Waals surface area (Å²) in [5.74, 6) is 3.45. The van der Waals surface area contributed by atoms with Crippen LogP contribution in [0.1, 0.15) is 66.8 Å². The molecule has 47 heavy (non-hydrogen) atoms. The van der Waals surface area contributed by atoms with Gasteiger partial charge in [-0.1, -0.05) is 83.9 Å². The van der Waals surface area contributed by atoms with Gasteiger partial charge in [0.1, 0.15) is 23.0 Å². The van der Waals surface area contributed by atoms with Gasteiger partial charge >= 0.3 is 0 Å². The van der Waals surface area contributed by atoms with Crippen molar-refractivity contribution in [1.29, 1.82) is 0 Å². The van der Waals surface area contributed by atoms with E-state index < -0.39 is 5.41 Å². The molecule has 0 bridgehead atoms. The average Bonchev–Trinajstić information content (AvgIpc) is 3.32. The van der Waals surface area contributed by atoms with Gasteiger partial charge in [0.05, 0.1) is 5.41 Å². The monoisotopic (exact) mass is 614 g/mol. The highest BCUT2D eigenvalue weighted by Gasteiger charge is 2.46. The Balaban J connectivity index is 1.42. The molecule has 2 nitrogen and oxygen atoms in total. The van der Waals surface area contributed by atoms with Crippen LogP contribution >= 0.6 is 0 Å². The summed E-state index contributed by atoms with van der Waals surface area (Å²) in [4.78, 5) is 0. The molecular formula is C45H42O2. The third-order valence-electron chi connectivity index (χ3n) is 10.1. The minimum atomic E-state index is -0.518. The van der Waals surface area contributed by atoms with E-state index in [-0.39, 0.29) is 0 Å². The first-order chi connectivity index (χ1) is 22.5. The van der Waals surface area contributed by atoms with Crippen LogP contribution in [0, 0.1) is 55.4 Å². The predicted octanol–water partition coefficient (Wildman–Crippen LogP) is 12.1. The highest BCUT2D eigenvalue weighted by atomic mass is 16.5. The number of ether oxygens (including phenoxy) is 2. The third kappa shape index (κ3) is 5.22. The van der Waals surface area contributed by atoms with E-state index in [0.717, 1.165) is 34.1 Å². The second-order valence-corrected chi connectivity index (χ2v) is 13.5. The maximum Gasteiger partial charge on any atom is 0.130 e. The number of aryl methyl sites for hydroxylation is 8. The molecule has 0 aliphatic heterocycles. The van der Waals surface area contributed by atoms with Crippen LogP contribution in [0.15, 0.2) is 109 Å². The normalized spacial score (nSPS) is 12.9. The molecule has 0 amide bonds. The second kappa shape index (κ2) is 11.6. The van der Waals surface area contributed by atoms with Crippen molar-refractivity contribution < 1.29 is 9.47 Å². The van der Waals surface area contributed by atoms with Crippen LogP contribution < -0.4 is 9.47 Å².